The number of nitrogens with zero attached hydrogens (tertiary/aromatic N) is 2. The highest BCUT2D eigenvalue weighted by Crippen LogP contribution is 2.21. The molecule has 2 rings (SSSR count). The zero-order valence-corrected chi connectivity index (χ0v) is 10.3. The summed E-state index contributed by atoms with van der Waals surface area (Å²) in [6.45, 7) is 0. The third-order valence-corrected chi connectivity index (χ3v) is 2.85. The first kappa shape index (κ1) is 11.5. The fourth-order valence-corrected chi connectivity index (χ4v) is 1.80. The van der Waals surface area contributed by atoms with Crippen molar-refractivity contribution in [3.8, 4) is 5.69 Å². The summed E-state index contributed by atoms with van der Waals surface area (Å²) < 4.78 is 28.3. The van der Waals surface area contributed by atoms with Crippen molar-refractivity contribution in [3.63, 3.8) is 0 Å². The number of hydrogen-bond donors (Lipinski definition) is 0. The van der Waals surface area contributed by atoms with E-state index in [4.69, 9.17) is 11.6 Å². The molecular weight excluding hydrogens is 301 g/mol. The Hall–Kier alpha value is -0.940. The molecule has 1 aromatic heterocycles. The highest BCUT2D eigenvalue weighted by Gasteiger charge is 2.13. The zero-order valence-electron chi connectivity index (χ0n) is 7.92. The summed E-state index contributed by atoms with van der Waals surface area (Å²) in [6.07, 6.45) is 2.66. The van der Waals surface area contributed by atoms with E-state index in [-0.39, 0.29) is 5.69 Å². The van der Waals surface area contributed by atoms with E-state index in [1.165, 1.54) is 24.5 Å². The van der Waals surface area contributed by atoms with Gasteiger partial charge >= 0.3 is 0 Å². The van der Waals surface area contributed by atoms with Crippen molar-refractivity contribution < 1.29 is 8.78 Å². The van der Waals surface area contributed by atoms with Gasteiger partial charge in [0.25, 0.3) is 0 Å². The van der Waals surface area contributed by atoms with Gasteiger partial charge in [0.05, 0.1) is 11.2 Å². The molecule has 0 fully saturated rings. The first-order valence-corrected chi connectivity index (χ1v) is 5.86. The van der Waals surface area contributed by atoms with Crippen LogP contribution in [0.25, 0.3) is 5.69 Å². The number of aromatic nitrogens is 2. The van der Waals surface area contributed by atoms with Crippen LogP contribution in [0.3, 0.4) is 0 Å². The Bertz CT molecular complexity index is 504. The normalized spacial score (nSPS) is 10.8. The zero-order chi connectivity index (χ0) is 11.7. The van der Waals surface area contributed by atoms with Crippen molar-refractivity contribution >= 4 is 27.5 Å². The van der Waals surface area contributed by atoms with E-state index in [0.717, 1.165) is 4.68 Å². The SMILES string of the molecule is Fc1cc(CBr)cc(F)c1-n1cc(Cl)cn1. The standard InChI is InChI=1S/C10H6BrClF2N2/c11-3-6-1-8(13)10(9(14)2-6)16-5-7(12)4-15-16/h1-2,4-5H,3H2. The third-order valence-electron chi connectivity index (χ3n) is 2.01. The van der Waals surface area contributed by atoms with Crippen LogP contribution in [0.2, 0.25) is 5.02 Å². The molecule has 0 radical (unpaired) electrons. The van der Waals surface area contributed by atoms with Gasteiger partial charge in [0.2, 0.25) is 0 Å². The largest absolute Gasteiger partial charge is 0.233 e. The molecule has 0 bridgehead atoms. The van der Waals surface area contributed by atoms with Gasteiger partial charge in [-0.3, -0.25) is 0 Å². The van der Waals surface area contributed by atoms with E-state index >= 15 is 0 Å². The smallest absolute Gasteiger partial charge is 0.152 e. The lowest BCUT2D eigenvalue weighted by atomic mass is 10.2. The lowest BCUT2D eigenvalue weighted by Gasteiger charge is -2.06. The van der Waals surface area contributed by atoms with Crippen LogP contribution in [-0.2, 0) is 5.33 Å². The maximum atomic E-state index is 13.6. The van der Waals surface area contributed by atoms with Crippen molar-refractivity contribution in [2.75, 3.05) is 0 Å². The summed E-state index contributed by atoms with van der Waals surface area (Å²) in [6, 6.07) is 2.51. The van der Waals surface area contributed by atoms with E-state index in [0.29, 0.717) is 15.9 Å². The third kappa shape index (κ3) is 2.10. The Balaban J connectivity index is 2.57. The maximum absolute atomic E-state index is 13.6. The van der Waals surface area contributed by atoms with Gasteiger partial charge < -0.3 is 0 Å². The van der Waals surface area contributed by atoms with Gasteiger partial charge in [-0.1, -0.05) is 27.5 Å². The summed E-state index contributed by atoms with van der Waals surface area (Å²) in [5.74, 6) is -1.34. The average Bonchev–Trinajstić information content (AvgIpc) is 2.63. The molecular formula is C10H6BrClF2N2. The van der Waals surface area contributed by atoms with Crippen molar-refractivity contribution in [2.45, 2.75) is 5.33 Å². The van der Waals surface area contributed by atoms with Crippen molar-refractivity contribution in [1.82, 2.24) is 9.78 Å². The number of halogens is 4. The topological polar surface area (TPSA) is 17.8 Å². The van der Waals surface area contributed by atoms with E-state index in [1.54, 1.807) is 0 Å². The fraction of sp³-hybridized carbons (Fsp3) is 0.100. The fourth-order valence-electron chi connectivity index (χ4n) is 1.34. The molecule has 0 saturated heterocycles. The van der Waals surface area contributed by atoms with Gasteiger partial charge in [-0.25, -0.2) is 13.5 Å². The highest BCUT2D eigenvalue weighted by molar-refractivity contribution is 9.08. The van der Waals surface area contributed by atoms with Gasteiger partial charge in [0.1, 0.15) is 5.69 Å². The Labute approximate surface area is 104 Å². The summed E-state index contributed by atoms with van der Waals surface area (Å²) in [7, 11) is 0. The van der Waals surface area contributed by atoms with Crippen LogP contribution in [0.15, 0.2) is 24.5 Å². The molecule has 0 spiro atoms. The van der Waals surface area contributed by atoms with Crippen LogP contribution in [0, 0.1) is 11.6 Å². The molecule has 2 aromatic rings. The highest BCUT2D eigenvalue weighted by atomic mass is 79.9. The van der Waals surface area contributed by atoms with Gasteiger partial charge in [-0.05, 0) is 17.7 Å². The van der Waals surface area contributed by atoms with E-state index < -0.39 is 11.6 Å². The van der Waals surface area contributed by atoms with E-state index in [2.05, 4.69) is 21.0 Å². The van der Waals surface area contributed by atoms with Crippen molar-refractivity contribution in [3.05, 3.63) is 46.7 Å². The molecule has 0 N–H and O–H groups in total. The molecule has 84 valence electrons. The van der Waals surface area contributed by atoms with Crippen LogP contribution >= 0.6 is 27.5 Å². The van der Waals surface area contributed by atoms with Crippen LogP contribution in [0.1, 0.15) is 5.56 Å². The van der Waals surface area contributed by atoms with Gasteiger partial charge in [0, 0.05) is 11.5 Å². The Morgan fingerprint density at radius 1 is 1.31 bits per heavy atom. The summed E-state index contributed by atoms with van der Waals surface area (Å²) in [5.41, 5.74) is 0.300. The number of alkyl halides is 1. The second kappa shape index (κ2) is 4.51. The molecule has 0 unspecified atom stereocenters. The second-order valence-electron chi connectivity index (χ2n) is 3.14. The van der Waals surface area contributed by atoms with Crippen LogP contribution in [0.5, 0.6) is 0 Å². The summed E-state index contributed by atoms with van der Waals surface area (Å²) >= 11 is 8.77. The molecule has 1 aromatic carbocycles. The van der Waals surface area contributed by atoms with E-state index in [1.807, 2.05) is 0 Å². The lowest BCUT2D eigenvalue weighted by molar-refractivity contribution is 0.558. The first-order valence-electron chi connectivity index (χ1n) is 4.36. The minimum Gasteiger partial charge on any atom is -0.233 e. The lowest BCUT2D eigenvalue weighted by Crippen LogP contribution is -2.03. The second-order valence-corrected chi connectivity index (χ2v) is 4.14. The molecule has 6 heteroatoms. The van der Waals surface area contributed by atoms with Crippen LogP contribution in [-0.4, -0.2) is 9.78 Å². The summed E-state index contributed by atoms with van der Waals surface area (Å²) in [4.78, 5) is 0. The predicted octanol–water partition coefficient (Wildman–Crippen LogP) is 3.70. The molecule has 0 aliphatic carbocycles. The molecule has 0 amide bonds. The number of rotatable bonds is 2. The minimum atomic E-state index is -0.672. The Kier molecular flexibility index (Phi) is 3.25. The first-order chi connectivity index (χ1) is 7.61. The Morgan fingerprint density at radius 2 is 1.94 bits per heavy atom. The average molecular weight is 308 g/mol. The molecule has 1 heterocycles. The molecule has 0 saturated carbocycles. The summed E-state index contributed by atoms with van der Waals surface area (Å²) in [5, 5.41) is 4.47. The monoisotopic (exact) mass is 306 g/mol. The van der Waals surface area contributed by atoms with Gasteiger partial charge in [0.15, 0.2) is 11.6 Å². The van der Waals surface area contributed by atoms with Gasteiger partial charge in [-0.2, -0.15) is 5.10 Å². The van der Waals surface area contributed by atoms with Gasteiger partial charge in [-0.15, -0.1) is 0 Å². The van der Waals surface area contributed by atoms with Crippen molar-refractivity contribution in [2.24, 2.45) is 0 Å². The molecule has 0 aliphatic rings. The quantitative estimate of drug-likeness (QED) is 0.774. The number of hydrogen-bond acceptors (Lipinski definition) is 1. The predicted molar refractivity (Wildman–Crippen MR) is 61.1 cm³/mol. The minimum absolute atomic E-state index is 0.225. The van der Waals surface area contributed by atoms with Crippen molar-refractivity contribution in [1.29, 1.82) is 0 Å². The Morgan fingerprint density at radius 3 is 2.38 bits per heavy atom. The van der Waals surface area contributed by atoms with E-state index in [9.17, 15) is 8.78 Å². The molecule has 0 aliphatic heterocycles. The molecule has 0 atom stereocenters. The molecule has 16 heavy (non-hydrogen) atoms. The van der Waals surface area contributed by atoms with Crippen LogP contribution < -0.4 is 0 Å². The van der Waals surface area contributed by atoms with Crippen LogP contribution in [0.4, 0.5) is 8.78 Å². The molecule has 2 nitrogen and oxygen atoms in total. The number of benzene rings is 1. The maximum Gasteiger partial charge on any atom is 0.152 e.